The average molecular weight is 428 g/mol. The maximum atomic E-state index is 12.3. The molecule has 2 aromatic rings. The molecule has 2 heterocycles. The van der Waals surface area contributed by atoms with E-state index >= 15 is 0 Å². The van der Waals surface area contributed by atoms with Crippen LogP contribution in [0.2, 0.25) is 5.02 Å². The molecular weight excluding hydrogens is 406 g/mol. The Bertz CT molecular complexity index is 920. The molecule has 0 spiro atoms. The highest BCUT2D eigenvalue weighted by Gasteiger charge is 2.38. The summed E-state index contributed by atoms with van der Waals surface area (Å²) >= 11 is 5.93. The molecule has 0 N–H and O–H groups in total. The number of hydroxylamine groups is 2. The lowest BCUT2D eigenvalue weighted by molar-refractivity contribution is -0.169. The number of hydrogen-bond acceptors (Lipinski definition) is 6. The van der Waals surface area contributed by atoms with Crippen LogP contribution in [0.4, 0.5) is 0 Å². The lowest BCUT2D eigenvalue weighted by Gasteiger charge is -2.34. The minimum atomic E-state index is -0.597. The van der Waals surface area contributed by atoms with Crippen molar-refractivity contribution >= 4 is 29.4 Å². The van der Waals surface area contributed by atoms with Gasteiger partial charge in [-0.1, -0.05) is 40.9 Å². The van der Waals surface area contributed by atoms with Gasteiger partial charge < -0.3 is 9.74 Å². The van der Waals surface area contributed by atoms with E-state index in [4.69, 9.17) is 16.4 Å². The number of piperazine rings is 1. The van der Waals surface area contributed by atoms with Crippen LogP contribution in [-0.4, -0.2) is 65.4 Å². The van der Waals surface area contributed by atoms with Crippen molar-refractivity contribution < 1.29 is 19.2 Å². The highest BCUT2D eigenvalue weighted by Crippen LogP contribution is 2.23. The van der Waals surface area contributed by atoms with Gasteiger partial charge in [0.15, 0.2) is 0 Å². The summed E-state index contributed by atoms with van der Waals surface area (Å²) in [7, 11) is 0. The number of carbonyl (C=O) groups excluding carboxylic acids is 3. The van der Waals surface area contributed by atoms with Crippen LogP contribution in [0.1, 0.15) is 32.7 Å². The molecule has 1 fully saturated rings. The lowest BCUT2D eigenvalue weighted by Crippen LogP contribution is -2.46. The van der Waals surface area contributed by atoms with Crippen LogP contribution in [0, 0.1) is 0 Å². The van der Waals surface area contributed by atoms with Gasteiger partial charge in [0.05, 0.1) is 17.5 Å². The first kappa shape index (κ1) is 20.5. The summed E-state index contributed by atoms with van der Waals surface area (Å²) in [6.07, 6.45) is 0.116. The zero-order valence-corrected chi connectivity index (χ0v) is 17.2. The van der Waals surface area contributed by atoms with E-state index < -0.39 is 17.8 Å². The van der Waals surface area contributed by atoms with Crippen LogP contribution < -0.4 is 0 Å². The fourth-order valence-electron chi connectivity index (χ4n) is 3.67. The van der Waals surface area contributed by atoms with Crippen LogP contribution in [0.5, 0.6) is 0 Å². The first-order valence-corrected chi connectivity index (χ1v) is 10.3. The van der Waals surface area contributed by atoms with Crippen molar-refractivity contribution in [3.05, 3.63) is 70.2 Å². The van der Waals surface area contributed by atoms with E-state index in [9.17, 15) is 14.4 Å². The molecule has 0 atom stereocenters. The Labute approximate surface area is 179 Å². The normalized spacial score (nSPS) is 17.3. The summed E-state index contributed by atoms with van der Waals surface area (Å²) in [6.45, 7) is 4.87. The molecule has 2 aliphatic rings. The summed E-state index contributed by atoms with van der Waals surface area (Å²) in [5, 5.41) is 1.30. The van der Waals surface area contributed by atoms with Gasteiger partial charge in [-0.05, 0) is 29.8 Å². The van der Waals surface area contributed by atoms with Gasteiger partial charge in [-0.2, -0.15) is 0 Å². The molecule has 0 radical (unpaired) electrons. The second-order valence-corrected chi connectivity index (χ2v) is 7.84. The molecule has 1 saturated heterocycles. The van der Waals surface area contributed by atoms with Crippen molar-refractivity contribution in [2.45, 2.75) is 13.0 Å². The molecule has 7 nitrogen and oxygen atoms in total. The van der Waals surface area contributed by atoms with Crippen molar-refractivity contribution in [1.29, 1.82) is 0 Å². The largest absolute Gasteiger partial charge is 0.334 e. The number of imide groups is 1. The molecule has 0 bridgehead atoms. The fraction of sp³-hybridized carbons (Fsp3) is 0.318. The van der Waals surface area contributed by atoms with Gasteiger partial charge in [0.1, 0.15) is 0 Å². The Morgan fingerprint density at radius 2 is 1.43 bits per heavy atom. The molecule has 2 aromatic carbocycles. The number of hydrogen-bond donors (Lipinski definition) is 0. The third-order valence-corrected chi connectivity index (χ3v) is 5.62. The van der Waals surface area contributed by atoms with Gasteiger partial charge in [0, 0.05) is 44.3 Å². The van der Waals surface area contributed by atoms with E-state index in [0.29, 0.717) is 11.6 Å². The van der Waals surface area contributed by atoms with Gasteiger partial charge in [-0.3, -0.25) is 14.5 Å². The number of benzene rings is 2. The SMILES string of the molecule is O=C(CCN1CCN(Cc2ccc(Cl)cc2)CC1)ON1C(=O)c2ccccc2C1=O. The van der Waals surface area contributed by atoms with E-state index in [2.05, 4.69) is 9.80 Å². The molecule has 8 heteroatoms. The molecule has 0 saturated carbocycles. The van der Waals surface area contributed by atoms with Gasteiger partial charge >= 0.3 is 5.97 Å². The maximum Gasteiger partial charge on any atom is 0.334 e. The number of fused-ring (bicyclic) bond motifs is 1. The average Bonchev–Trinajstić information content (AvgIpc) is 3.00. The highest BCUT2D eigenvalue weighted by atomic mass is 35.5. The second kappa shape index (κ2) is 8.95. The number of halogens is 1. The minimum Gasteiger partial charge on any atom is -0.330 e. The Balaban J connectivity index is 1.21. The van der Waals surface area contributed by atoms with E-state index in [1.165, 1.54) is 5.56 Å². The van der Waals surface area contributed by atoms with Crippen molar-refractivity contribution in [3.63, 3.8) is 0 Å². The summed E-state index contributed by atoms with van der Waals surface area (Å²) in [4.78, 5) is 46.3. The van der Waals surface area contributed by atoms with E-state index in [1.54, 1.807) is 24.3 Å². The second-order valence-electron chi connectivity index (χ2n) is 7.41. The first-order chi connectivity index (χ1) is 14.5. The predicted molar refractivity (Wildman–Crippen MR) is 111 cm³/mol. The fourth-order valence-corrected chi connectivity index (χ4v) is 3.79. The van der Waals surface area contributed by atoms with Crippen LogP contribution in [0.3, 0.4) is 0 Å². The van der Waals surface area contributed by atoms with Crippen molar-refractivity contribution in [3.8, 4) is 0 Å². The molecule has 0 aliphatic carbocycles. The van der Waals surface area contributed by atoms with Crippen LogP contribution in [-0.2, 0) is 16.2 Å². The summed E-state index contributed by atoms with van der Waals surface area (Å²) in [5.41, 5.74) is 1.73. The molecule has 2 amide bonds. The van der Waals surface area contributed by atoms with Gasteiger partial charge in [-0.15, -0.1) is 0 Å². The smallest absolute Gasteiger partial charge is 0.330 e. The van der Waals surface area contributed by atoms with Crippen molar-refractivity contribution in [1.82, 2.24) is 14.9 Å². The third-order valence-electron chi connectivity index (χ3n) is 5.37. The summed E-state index contributed by atoms with van der Waals surface area (Å²) < 4.78 is 0. The quantitative estimate of drug-likeness (QED) is 0.660. The molecule has 2 aliphatic heterocycles. The topological polar surface area (TPSA) is 70.2 Å². The van der Waals surface area contributed by atoms with E-state index in [-0.39, 0.29) is 17.5 Å². The van der Waals surface area contributed by atoms with E-state index in [1.807, 2.05) is 24.3 Å². The predicted octanol–water partition coefficient (Wildman–Crippen LogP) is 2.60. The number of nitrogens with zero attached hydrogens (tertiary/aromatic N) is 3. The zero-order valence-electron chi connectivity index (χ0n) is 16.4. The molecule has 0 unspecified atom stereocenters. The van der Waals surface area contributed by atoms with Crippen LogP contribution in [0.15, 0.2) is 48.5 Å². The van der Waals surface area contributed by atoms with Crippen LogP contribution in [0.25, 0.3) is 0 Å². The number of carbonyl (C=O) groups is 3. The highest BCUT2D eigenvalue weighted by molar-refractivity contribution is 6.30. The Morgan fingerprint density at radius 3 is 2.03 bits per heavy atom. The molecular formula is C22H22ClN3O4. The molecule has 0 aromatic heterocycles. The van der Waals surface area contributed by atoms with Gasteiger partial charge in [0.2, 0.25) is 0 Å². The summed E-state index contributed by atoms with van der Waals surface area (Å²) in [6, 6.07) is 14.3. The summed E-state index contributed by atoms with van der Waals surface area (Å²) in [5.74, 6) is -1.78. The minimum absolute atomic E-state index is 0.116. The van der Waals surface area contributed by atoms with Gasteiger partial charge in [-0.25, -0.2) is 4.79 Å². The molecule has 30 heavy (non-hydrogen) atoms. The van der Waals surface area contributed by atoms with Gasteiger partial charge in [0.25, 0.3) is 11.8 Å². The first-order valence-electron chi connectivity index (χ1n) is 9.89. The van der Waals surface area contributed by atoms with E-state index in [0.717, 1.165) is 37.7 Å². The number of amides is 2. The van der Waals surface area contributed by atoms with Crippen molar-refractivity contribution in [2.75, 3.05) is 32.7 Å². The number of rotatable bonds is 6. The Morgan fingerprint density at radius 1 is 0.867 bits per heavy atom. The monoisotopic (exact) mass is 427 g/mol. The third kappa shape index (κ3) is 4.53. The Hall–Kier alpha value is -2.74. The maximum absolute atomic E-state index is 12.3. The van der Waals surface area contributed by atoms with Crippen molar-refractivity contribution in [2.24, 2.45) is 0 Å². The standard InChI is InChI=1S/C22H22ClN3O4/c23-17-7-5-16(6-8-17)15-25-13-11-24(12-14-25)10-9-20(27)30-26-21(28)18-3-1-2-4-19(18)22(26)29/h1-8H,9-15H2. The lowest BCUT2D eigenvalue weighted by atomic mass is 10.1. The zero-order chi connectivity index (χ0) is 21.1. The Kier molecular flexibility index (Phi) is 6.13. The molecule has 156 valence electrons. The molecule has 4 rings (SSSR count). The van der Waals surface area contributed by atoms with Crippen LogP contribution >= 0.6 is 11.6 Å².